The summed E-state index contributed by atoms with van der Waals surface area (Å²) in [6.07, 6.45) is 3.04. The van der Waals surface area contributed by atoms with Crippen molar-refractivity contribution in [2.75, 3.05) is 0 Å². The second kappa shape index (κ2) is 5.99. The minimum atomic E-state index is 0.271. The van der Waals surface area contributed by atoms with Crippen molar-refractivity contribution in [1.82, 2.24) is 15.3 Å². The molecule has 2 heterocycles. The molecular weight excluding hydrogens is 286 g/mol. The highest BCUT2D eigenvalue weighted by molar-refractivity contribution is 7.18. The minimum absolute atomic E-state index is 0.271. The molecule has 1 unspecified atom stereocenters. The van der Waals surface area contributed by atoms with Crippen molar-refractivity contribution in [2.24, 2.45) is 0 Å². The van der Waals surface area contributed by atoms with E-state index in [1.807, 2.05) is 12.3 Å². The summed E-state index contributed by atoms with van der Waals surface area (Å²) in [5.74, 6) is 0. The predicted molar refractivity (Wildman–Crippen MR) is 86.4 cm³/mol. The Balaban J connectivity index is 1.66. The van der Waals surface area contributed by atoms with Crippen LogP contribution >= 0.6 is 22.7 Å². The summed E-state index contributed by atoms with van der Waals surface area (Å²) < 4.78 is 1.25. The van der Waals surface area contributed by atoms with Crippen molar-refractivity contribution in [3.63, 3.8) is 0 Å². The van der Waals surface area contributed by atoms with E-state index >= 15 is 0 Å². The second-order valence-electron chi connectivity index (χ2n) is 4.70. The number of nitrogens with one attached hydrogen (secondary N) is 1. The Morgan fingerprint density at radius 1 is 1.25 bits per heavy atom. The molecule has 1 aromatic carbocycles. The van der Waals surface area contributed by atoms with Crippen LogP contribution in [0.1, 0.15) is 34.8 Å². The van der Waals surface area contributed by atoms with Crippen molar-refractivity contribution in [2.45, 2.75) is 32.9 Å². The van der Waals surface area contributed by atoms with Gasteiger partial charge in [-0.2, -0.15) is 0 Å². The number of fused-ring (bicyclic) bond motifs is 1. The van der Waals surface area contributed by atoms with Crippen molar-refractivity contribution in [3.05, 3.63) is 45.4 Å². The summed E-state index contributed by atoms with van der Waals surface area (Å²) >= 11 is 3.54. The third-order valence-electron chi connectivity index (χ3n) is 3.19. The van der Waals surface area contributed by atoms with Crippen LogP contribution < -0.4 is 5.32 Å². The normalized spacial score (nSPS) is 12.9. The molecule has 3 aromatic rings. The molecule has 0 amide bonds. The van der Waals surface area contributed by atoms with Crippen LogP contribution in [0.25, 0.3) is 10.2 Å². The van der Waals surface area contributed by atoms with Crippen molar-refractivity contribution < 1.29 is 0 Å². The highest BCUT2D eigenvalue weighted by Crippen LogP contribution is 2.23. The molecule has 20 heavy (non-hydrogen) atoms. The van der Waals surface area contributed by atoms with Gasteiger partial charge in [0.15, 0.2) is 0 Å². The van der Waals surface area contributed by atoms with Gasteiger partial charge >= 0.3 is 0 Å². The monoisotopic (exact) mass is 303 g/mol. The van der Waals surface area contributed by atoms with Gasteiger partial charge in [-0.15, -0.1) is 22.7 Å². The largest absolute Gasteiger partial charge is 0.302 e. The number of rotatable bonds is 5. The van der Waals surface area contributed by atoms with E-state index in [2.05, 4.69) is 47.3 Å². The lowest BCUT2D eigenvalue weighted by atomic mass is 10.3. The number of hydrogen-bond donors (Lipinski definition) is 1. The van der Waals surface area contributed by atoms with Gasteiger partial charge in [0.05, 0.1) is 16.3 Å². The maximum Gasteiger partial charge on any atom is 0.109 e. The van der Waals surface area contributed by atoms with E-state index in [-0.39, 0.29) is 6.04 Å². The molecule has 3 rings (SSSR count). The molecule has 0 aliphatic carbocycles. The van der Waals surface area contributed by atoms with Gasteiger partial charge < -0.3 is 5.32 Å². The smallest absolute Gasteiger partial charge is 0.109 e. The van der Waals surface area contributed by atoms with Crippen LogP contribution in [0.3, 0.4) is 0 Å². The quantitative estimate of drug-likeness (QED) is 0.769. The van der Waals surface area contributed by atoms with E-state index in [1.54, 1.807) is 22.7 Å². The number of hydrogen-bond acceptors (Lipinski definition) is 5. The van der Waals surface area contributed by atoms with Gasteiger partial charge in [0, 0.05) is 17.6 Å². The van der Waals surface area contributed by atoms with Crippen LogP contribution in [-0.2, 0) is 13.0 Å². The predicted octanol–water partition coefficient (Wildman–Crippen LogP) is 4.17. The molecular formula is C15H17N3S2. The highest BCUT2D eigenvalue weighted by atomic mass is 32.1. The molecule has 0 saturated carbocycles. The van der Waals surface area contributed by atoms with Crippen LogP contribution in [0.4, 0.5) is 0 Å². The first-order valence-electron chi connectivity index (χ1n) is 6.78. The molecule has 0 radical (unpaired) electrons. The Hall–Kier alpha value is -1.30. The van der Waals surface area contributed by atoms with Gasteiger partial charge in [0.1, 0.15) is 10.0 Å². The lowest BCUT2D eigenvalue weighted by Crippen LogP contribution is -2.17. The third-order valence-corrected chi connectivity index (χ3v) is 5.55. The molecule has 0 saturated heterocycles. The van der Waals surface area contributed by atoms with E-state index in [1.165, 1.54) is 9.58 Å². The van der Waals surface area contributed by atoms with Crippen molar-refractivity contribution in [1.29, 1.82) is 0 Å². The molecule has 0 fully saturated rings. The Bertz CT molecular complexity index is 669. The third kappa shape index (κ3) is 2.90. The average molecular weight is 303 g/mol. The number of thiazole rings is 2. The average Bonchev–Trinajstić information content (AvgIpc) is 3.10. The molecule has 0 bridgehead atoms. The maximum absolute atomic E-state index is 4.64. The minimum Gasteiger partial charge on any atom is -0.302 e. The Morgan fingerprint density at radius 3 is 2.85 bits per heavy atom. The summed E-state index contributed by atoms with van der Waals surface area (Å²) in [6.45, 7) is 5.11. The van der Waals surface area contributed by atoms with Gasteiger partial charge in [-0.05, 0) is 25.5 Å². The van der Waals surface area contributed by atoms with Crippen LogP contribution in [0.2, 0.25) is 0 Å². The zero-order chi connectivity index (χ0) is 13.9. The molecule has 1 atom stereocenters. The number of aryl methyl sites for hydroxylation is 1. The van der Waals surface area contributed by atoms with E-state index in [0.717, 1.165) is 28.5 Å². The van der Waals surface area contributed by atoms with Gasteiger partial charge in [-0.25, -0.2) is 9.97 Å². The molecule has 0 aliphatic heterocycles. The summed E-state index contributed by atoms with van der Waals surface area (Å²) in [4.78, 5) is 10.5. The van der Waals surface area contributed by atoms with Crippen LogP contribution in [0.5, 0.6) is 0 Å². The van der Waals surface area contributed by atoms with E-state index in [9.17, 15) is 0 Å². The van der Waals surface area contributed by atoms with Crippen molar-refractivity contribution in [3.8, 4) is 0 Å². The lowest BCUT2D eigenvalue weighted by Gasteiger charge is -2.09. The fourth-order valence-corrected chi connectivity index (χ4v) is 3.81. The molecule has 104 valence electrons. The Labute approximate surface area is 126 Å². The fourth-order valence-electron chi connectivity index (χ4n) is 2.01. The number of nitrogens with zero attached hydrogens (tertiary/aromatic N) is 2. The van der Waals surface area contributed by atoms with Gasteiger partial charge in [-0.1, -0.05) is 19.1 Å². The summed E-state index contributed by atoms with van der Waals surface area (Å²) in [5, 5.41) is 5.79. The van der Waals surface area contributed by atoms with Crippen molar-refractivity contribution >= 4 is 32.9 Å². The first-order chi connectivity index (χ1) is 9.76. The van der Waals surface area contributed by atoms with Gasteiger partial charge in [-0.3, -0.25) is 0 Å². The number of benzene rings is 1. The van der Waals surface area contributed by atoms with Gasteiger partial charge in [0.2, 0.25) is 0 Å². The lowest BCUT2D eigenvalue weighted by molar-refractivity contribution is 0.571. The zero-order valence-electron chi connectivity index (χ0n) is 11.6. The summed E-state index contributed by atoms with van der Waals surface area (Å²) in [7, 11) is 0. The summed E-state index contributed by atoms with van der Waals surface area (Å²) in [5.41, 5.74) is 1.09. The molecule has 3 nitrogen and oxygen atoms in total. The number of para-hydroxylation sites is 1. The van der Waals surface area contributed by atoms with Gasteiger partial charge in [0.25, 0.3) is 0 Å². The SMILES string of the molecule is CCc1cnc(C(C)NCc2nc3ccccc3s2)s1. The van der Waals surface area contributed by atoms with E-state index < -0.39 is 0 Å². The summed E-state index contributed by atoms with van der Waals surface area (Å²) in [6, 6.07) is 8.54. The molecule has 5 heteroatoms. The van der Waals surface area contributed by atoms with Crippen LogP contribution in [0, 0.1) is 0 Å². The van der Waals surface area contributed by atoms with Crippen LogP contribution in [-0.4, -0.2) is 9.97 Å². The topological polar surface area (TPSA) is 37.8 Å². The number of aromatic nitrogens is 2. The molecule has 0 spiro atoms. The maximum atomic E-state index is 4.64. The molecule has 2 aromatic heterocycles. The fraction of sp³-hybridized carbons (Fsp3) is 0.333. The van der Waals surface area contributed by atoms with E-state index in [0.29, 0.717) is 0 Å². The highest BCUT2D eigenvalue weighted by Gasteiger charge is 2.11. The molecule has 1 N–H and O–H groups in total. The zero-order valence-corrected chi connectivity index (χ0v) is 13.2. The van der Waals surface area contributed by atoms with E-state index in [4.69, 9.17) is 0 Å². The first-order valence-corrected chi connectivity index (χ1v) is 8.42. The first kappa shape index (κ1) is 13.7. The Kier molecular flexibility index (Phi) is 4.10. The van der Waals surface area contributed by atoms with Crippen LogP contribution in [0.15, 0.2) is 30.5 Å². The Morgan fingerprint density at radius 2 is 2.10 bits per heavy atom. The molecule has 0 aliphatic rings. The second-order valence-corrected chi connectivity index (χ2v) is 6.96. The standard InChI is InChI=1S/C15H17N3S2/c1-3-11-8-17-15(19-11)10(2)16-9-14-18-12-6-4-5-7-13(12)20-14/h4-8,10,16H,3,9H2,1-2H3.